The average molecular weight is 382 g/mol. The molecule has 0 saturated carbocycles. The van der Waals surface area contributed by atoms with Gasteiger partial charge in [-0.2, -0.15) is 0 Å². The second-order valence-electron chi connectivity index (χ2n) is 2.04. The van der Waals surface area contributed by atoms with Gasteiger partial charge in [-0.05, 0) is 4.88 Å². The maximum atomic E-state index is 5.33. The number of thiazole rings is 1. The summed E-state index contributed by atoms with van der Waals surface area (Å²) in [5.74, 6) is 0.843. The van der Waals surface area contributed by atoms with Gasteiger partial charge in [0.2, 0.25) is 5.95 Å². The van der Waals surface area contributed by atoms with Gasteiger partial charge in [-0.3, -0.25) is 4.98 Å². The number of hydrogen-bond acceptors (Lipinski definition) is 5. The molecule has 0 spiro atoms. The maximum Gasteiger partial charge on any atom is 0.226 e. The molecule has 8 heteroatoms. The van der Waals surface area contributed by atoms with Gasteiger partial charge in [0.1, 0.15) is 0 Å². The first-order valence-electron chi connectivity index (χ1n) is 3.08. The predicted molar refractivity (Wildman–Crippen MR) is 50.1 cm³/mol. The Morgan fingerprint density at radius 3 is 2.77 bits per heavy atom. The van der Waals surface area contributed by atoms with E-state index in [1.165, 1.54) is 11.3 Å². The van der Waals surface area contributed by atoms with Crippen LogP contribution >= 0.6 is 20.6 Å². The van der Waals surface area contributed by atoms with Crippen LogP contribution in [0.3, 0.4) is 0 Å². The van der Waals surface area contributed by atoms with E-state index in [9.17, 15) is 0 Å². The number of aromatic nitrogens is 4. The number of H-pyrrole nitrogens is 1. The van der Waals surface area contributed by atoms with Gasteiger partial charge in [-0.1, -0.05) is 6.20 Å². The normalized spacial score (nSPS) is 9.62. The van der Waals surface area contributed by atoms with Gasteiger partial charge in [-0.15, -0.1) is 14.3 Å². The van der Waals surface area contributed by atoms with Crippen LogP contribution in [0.5, 0.6) is 0 Å². The summed E-state index contributed by atoms with van der Waals surface area (Å²) in [6, 6.07) is 0. The molecule has 5 nitrogen and oxygen atoms in total. The molecule has 2 heterocycles. The van der Waals surface area contributed by atoms with E-state index in [0.717, 1.165) is 9.63 Å². The second-order valence-corrected chi connectivity index (χ2v) is 4.03. The zero-order valence-corrected chi connectivity index (χ0v) is 11.2. The molecule has 1 unspecified atom stereocenters. The van der Waals surface area contributed by atoms with Crippen LogP contribution in [-0.4, -0.2) is 20.2 Å². The number of nitrogen functional groups attached to an aromatic ring is 1. The van der Waals surface area contributed by atoms with Crippen molar-refractivity contribution in [3.05, 3.63) is 6.20 Å². The topological polar surface area (TPSA) is 80.5 Å². The summed E-state index contributed by atoms with van der Waals surface area (Å²) in [7, 11) is 2.49. The second kappa shape index (κ2) is 4.27. The molecular formula is C5H5N5PSW-. The summed E-state index contributed by atoms with van der Waals surface area (Å²) in [5.41, 5.74) is 5.33. The van der Waals surface area contributed by atoms with Crippen molar-refractivity contribution in [3.8, 4) is 10.7 Å². The van der Waals surface area contributed by atoms with Crippen LogP contribution in [0.1, 0.15) is 0 Å². The number of nitrogens with one attached hydrogen (secondary N) is 1. The molecule has 0 bridgehead atoms. The fourth-order valence-electron chi connectivity index (χ4n) is 0.734. The Morgan fingerprint density at radius 1 is 1.54 bits per heavy atom. The van der Waals surface area contributed by atoms with Crippen molar-refractivity contribution in [2.75, 3.05) is 5.73 Å². The number of nitrogens with zero attached hydrogens (tertiary/aromatic N) is 3. The molecule has 0 saturated heterocycles. The number of nitrogens with two attached hydrogens (primary N) is 1. The molecule has 0 radical (unpaired) electrons. The van der Waals surface area contributed by atoms with Crippen LogP contribution in [0.25, 0.3) is 10.7 Å². The monoisotopic (exact) mass is 382 g/mol. The van der Waals surface area contributed by atoms with E-state index in [0.29, 0.717) is 5.82 Å². The van der Waals surface area contributed by atoms with E-state index >= 15 is 0 Å². The van der Waals surface area contributed by atoms with Gasteiger partial charge < -0.3 is 15.8 Å². The van der Waals surface area contributed by atoms with Gasteiger partial charge >= 0.3 is 0 Å². The molecule has 2 aromatic heterocycles. The molecule has 0 amide bonds. The summed E-state index contributed by atoms with van der Waals surface area (Å²) < 4.78 is 0.861. The quantitative estimate of drug-likeness (QED) is 0.530. The van der Waals surface area contributed by atoms with E-state index < -0.39 is 0 Å². The summed E-state index contributed by atoms with van der Waals surface area (Å²) >= 11 is 1.46. The molecule has 68 valence electrons. The number of anilines is 1. The molecule has 0 aliphatic heterocycles. The zero-order chi connectivity index (χ0) is 8.55. The van der Waals surface area contributed by atoms with Crippen LogP contribution < -0.4 is 10.5 Å². The fourth-order valence-corrected chi connectivity index (χ4v) is 1.73. The molecule has 3 N–H and O–H groups in total. The maximum absolute atomic E-state index is 5.33. The van der Waals surface area contributed by atoms with Crippen molar-refractivity contribution < 1.29 is 21.1 Å². The molecule has 0 aliphatic carbocycles. The van der Waals surface area contributed by atoms with Crippen molar-refractivity contribution in [1.29, 1.82) is 0 Å². The Hall–Kier alpha value is -0.312. The Balaban J connectivity index is 0.000000845. The van der Waals surface area contributed by atoms with Crippen LogP contribution in [0.4, 0.5) is 5.95 Å². The first-order chi connectivity index (χ1) is 5.75. The summed E-state index contributed by atoms with van der Waals surface area (Å²) in [6.07, 6.45) is 2.79. The molecule has 1 atom stereocenters. The molecule has 0 fully saturated rings. The van der Waals surface area contributed by atoms with Crippen LogP contribution in [0.2, 0.25) is 0 Å². The molecule has 2 aromatic rings. The Kier molecular flexibility index (Phi) is 3.53. The van der Waals surface area contributed by atoms with E-state index in [1.807, 2.05) is 0 Å². The van der Waals surface area contributed by atoms with Crippen molar-refractivity contribution in [3.63, 3.8) is 0 Å². The first-order valence-corrected chi connectivity index (χ1v) is 4.47. The smallest absolute Gasteiger partial charge is 0.226 e. The predicted octanol–water partition coefficient (Wildman–Crippen LogP) is -0.192. The summed E-state index contributed by atoms with van der Waals surface area (Å²) in [4.78, 5) is 8.67. The van der Waals surface area contributed by atoms with Crippen LogP contribution in [-0.2, 0) is 21.1 Å². The third kappa shape index (κ3) is 2.33. The SMILES string of the molecule is Nc1n[nH]c(-c2[c-]nc(P)s2)n1.[W]. The fraction of sp³-hybridized carbons (Fsp3) is 0. The van der Waals surface area contributed by atoms with Gasteiger partial charge in [0.05, 0.1) is 5.82 Å². The Labute approximate surface area is 95.0 Å². The van der Waals surface area contributed by atoms with Crippen molar-refractivity contribution in [2.45, 2.75) is 0 Å². The molecule has 0 aliphatic rings. The minimum atomic E-state index is 0. The molecule has 2 rings (SSSR count). The summed E-state index contributed by atoms with van der Waals surface area (Å²) in [5, 5.41) is 6.37. The first kappa shape index (κ1) is 10.8. The van der Waals surface area contributed by atoms with Crippen LogP contribution in [0, 0.1) is 6.20 Å². The number of rotatable bonds is 1. The van der Waals surface area contributed by atoms with Crippen molar-refractivity contribution >= 4 is 31.3 Å². The molecule has 0 aromatic carbocycles. The summed E-state index contributed by atoms with van der Waals surface area (Å²) in [6.45, 7) is 0. The number of aromatic amines is 1. The van der Waals surface area contributed by atoms with E-state index in [1.54, 1.807) is 0 Å². The number of hydrogen-bond donors (Lipinski definition) is 2. The van der Waals surface area contributed by atoms with Gasteiger partial charge in [0, 0.05) is 25.8 Å². The Bertz CT molecular complexity index is 361. The molecular weight excluding hydrogens is 377 g/mol. The van der Waals surface area contributed by atoms with E-state index in [4.69, 9.17) is 5.73 Å². The minimum absolute atomic E-state index is 0. The van der Waals surface area contributed by atoms with E-state index in [-0.39, 0.29) is 27.0 Å². The van der Waals surface area contributed by atoms with Gasteiger partial charge in [0.15, 0.2) is 0 Å². The zero-order valence-electron chi connectivity index (χ0n) is 6.31. The minimum Gasteiger partial charge on any atom is -0.375 e. The van der Waals surface area contributed by atoms with Gasteiger partial charge in [0.25, 0.3) is 0 Å². The standard InChI is InChI=1S/C5H5N5PS.W/c6-4-8-3(9-10-4)2-1-7-5(11)12-2;/h11H2,(H3,6,8,9,10);/q-1;. The average Bonchev–Trinajstić information content (AvgIpc) is 2.58. The van der Waals surface area contributed by atoms with Crippen molar-refractivity contribution in [1.82, 2.24) is 20.2 Å². The largest absolute Gasteiger partial charge is 0.375 e. The van der Waals surface area contributed by atoms with E-state index in [2.05, 4.69) is 35.6 Å². The van der Waals surface area contributed by atoms with Gasteiger partial charge in [-0.25, -0.2) is 11.3 Å². The Morgan fingerprint density at radius 2 is 2.31 bits per heavy atom. The third-order valence-electron chi connectivity index (χ3n) is 1.19. The molecule has 13 heavy (non-hydrogen) atoms. The third-order valence-corrected chi connectivity index (χ3v) is 2.46. The van der Waals surface area contributed by atoms with Crippen LogP contribution in [0.15, 0.2) is 0 Å². The van der Waals surface area contributed by atoms with Crippen molar-refractivity contribution in [2.24, 2.45) is 0 Å².